The fourth-order valence-electron chi connectivity index (χ4n) is 2.35. The second kappa shape index (κ2) is 5.51. The zero-order valence-corrected chi connectivity index (χ0v) is 10.9. The molecule has 17 heavy (non-hydrogen) atoms. The number of aromatic nitrogens is 2. The average Bonchev–Trinajstić information content (AvgIpc) is 2.59. The van der Waals surface area contributed by atoms with E-state index in [0.717, 1.165) is 31.6 Å². The average molecular weight is 260 g/mol. The molecule has 1 aromatic rings. The summed E-state index contributed by atoms with van der Waals surface area (Å²) >= 11 is 0. The van der Waals surface area contributed by atoms with Gasteiger partial charge in [-0.15, -0.1) is 12.4 Å². The van der Waals surface area contributed by atoms with Gasteiger partial charge in [-0.25, -0.2) is 4.79 Å². The first kappa shape index (κ1) is 14.0. The third-order valence-corrected chi connectivity index (χ3v) is 3.03. The highest BCUT2D eigenvalue weighted by Gasteiger charge is 2.25. The quantitative estimate of drug-likeness (QED) is 0.884. The van der Waals surface area contributed by atoms with Crippen LogP contribution in [0.25, 0.3) is 0 Å². The number of carboxylic acids is 1. The van der Waals surface area contributed by atoms with Crippen molar-refractivity contribution in [3.63, 3.8) is 0 Å². The molecule has 1 aromatic heterocycles. The molecule has 0 fully saturated rings. The second-order valence-electron chi connectivity index (χ2n) is 4.65. The lowest BCUT2D eigenvalue weighted by molar-refractivity contribution is 0.0694. The maximum Gasteiger partial charge on any atom is 0.339 e. The van der Waals surface area contributed by atoms with Crippen LogP contribution in [0.4, 0.5) is 0 Å². The van der Waals surface area contributed by atoms with Crippen molar-refractivity contribution >= 4 is 18.4 Å². The van der Waals surface area contributed by atoms with Gasteiger partial charge < -0.3 is 10.0 Å². The molecule has 1 atom stereocenters. The van der Waals surface area contributed by atoms with Crippen LogP contribution in [0, 0.1) is 5.92 Å². The van der Waals surface area contributed by atoms with E-state index < -0.39 is 5.97 Å². The molecular formula is C11H18ClN3O2. The minimum absolute atomic E-state index is 0. The van der Waals surface area contributed by atoms with Gasteiger partial charge in [0, 0.05) is 13.1 Å². The summed E-state index contributed by atoms with van der Waals surface area (Å²) in [5.41, 5.74) is 1.24. The zero-order chi connectivity index (χ0) is 11.7. The van der Waals surface area contributed by atoms with Crippen molar-refractivity contribution in [2.75, 3.05) is 20.6 Å². The van der Waals surface area contributed by atoms with Gasteiger partial charge in [0.1, 0.15) is 5.56 Å². The number of halogens is 1. The summed E-state index contributed by atoms with van der Waals surface area (Å²) in [5, 5.41) is 13.1. The summed E-state index contributed by atoms with van der Waals surface area (Å²) < 4.78 is 1.83. The largest absolute Gasteiger partial charge is 0.478 e. The number of fused-ring (bicyclic) bond motifs is 1. The summed E-state index contributed by atoms with van der Waals surface area (Å²) in [6.45, 7) is 1.84. The Balaban J connectivity index is 0.00000144. The highest BCUT2D eigenvalue weighted by atomic mass is 35.5. The maximum absolute atomic E-state index is 11.0. The van der Waals surface area contributed by atoms with Crippen LogP contribution in [0.3, 0.4) is 0 Å². The smallest absolute Gasteiger partial charge is 0.339 e. The van der Waals surface area contributed by atoms with Crippen molar-refractivity contribution < 1.29 is 9.90 Å². The number of hydrogen-bond acceptors (Lipinski definition) is 3. The van der Waals surface area contributed by atoms with E-state index in [1.54, 1.807) is 0 Å². The predicted octanol–water partition coefficient (Wildman–Crippen LogP) is 1.13. The Morgan fingerprint density at radius 1 is 1.65 bits per heavy atom. The SMILES string of the molecule is CN(C)CC1CCn2ncc(C(=O)O)c2C1.Cl. The molecule has 1 aliphatic heterocycles. The van der Waals surface area contributed by atoms with Gasteiger partial charge in [-0.05, 0) is 32.9 Å². The van der Waals surface area contributed by atoms with Crippen molar-refractivity contribution in [2.45, 2.75) is 19.4 Å². The molecule has 0 spiro atoms. The molecule has 0 amide bonds. The monoisotopic (exact) mass is 259 g/mol. The lowest BCUT2D eigenvalue weighted by Gasteiger charge is -2.26. The van der Waals surface area contributed by atoms with Gasteiger partial charge in [0.2, 0.25) is 0 Å². The standard InChI is InChI=1S/C11H17N3O2.ClH/c1-13(2)7-8-3-4-14-10(5-8)9(6-12-14)11(15)16;/h6,8H,3-5,7H2,1-2H3,(H,15,16);1H. The molecule has 96 valence electrons. The van der Waals surface area contributed by atoms with E-state index in [4.69, 9.17) is 5.11 Å². The molecule has 0 radical (unpaired) electrons. The first-order valence-corrected chi connectivity index (χ1v) is 5.50. The summed E-state index contributed by atoms with van der Waals surface area (Å²) in [6, 6.07) is 0. The highest BCUT2D eigenvalue weighted by Crippen LogP contribution is 2.23. The molecule has 1 aliphatic rings. The molecule has 0 saturated heterocycles. The van der Waals surface area contributed by atoms with Crippen molar-refractivity contribution in [3.8, 4) is 0 Å². The molecule has 1 unspecified atom stereocenters. The summed E-state index contributed by atoms with van der Waals surface area (Å²) in [6.07, 6.45) is 3.36. The minimum atomic E-state index is -0.869. The lowest BCUT2D eigenvalue weighted by Crippen LogP contribution is -2.29. The van der Waals surface area contributed by atoms with E-state index in [9.17, 15) is 4.79 Å². The Morgan fingerprint density at radius 3 is 2.94 bits per heavy atom. The Labute approximate surface area is 107 Å². The summed E-state index contributed by atoms with van der Waals surface area (Å²) in [7, 11) is 4.09. The van der Waals surface area contributed by atoms with E-state index in [1.165, 1.54) is 6.20 Å². The van der Waals surface area contributed by atoms with Crippen LogP contribution < -0.4 is 0 Å². The van der Waals surface area contributed by atoms with Crippen molar-refractivity contribution in [3.05, 3.63) is 17.5 Å². The molecule has 1 N–H and O–H groups in total. The van der Waals surface area contributed by atoms with Crippen LogP contribution in [0.5, 0.6) is 0 Å². The molecule has 0 bridgehead atoms. The number of carbonyl (C=O) groups is 1. The number of aryl methyl sites for hydroxylation is 1. The number of rotatable bonds is 3. The second-order valence-corrected chi connectivity index (χ2v) is 4.65. The molecule has 5 nitrogen and oxygen atoms in total. The molecular weight excluding hydrogens is 242 g/mol. The van der Waals surface area contributed by atoms with Crippen LogP contribution in [0.1, 0.15) is 22.5 Å². The third kappa shape index (κ3) is 2.98. The highest BCUT2D eigenvalue weighted by molar-refractivity contribution is 5.88. The Bertz CT molecular complexity index is 403. The van der Waals surface area contributed by atoms with E-state index >= 15 is 0 Å². The van der Waals surface area contributed by atoms with E-state index in [0.29, 0.717) is 11.5 Å². The predicted molar refractivity (Wildman–Crippen MR) is 66.8 cm³/mol. The molecule has 0 aliphatic carbocycles. The molecule has 2 heterocycles. The van der Waals surface area contributed by atoms with Gasteiger partial charge in [-0.3, -0.25) is 4.68 Å². The van der Waals surface area contributed by atoms with E-state index in [2.05, 4.69) is 10.00 Å². The third-order valence-electron chi connectivity index (χ3n) is 3.03. The number of carboxylic acid groups (broad SMARTS) is 1. The van der Waals surface area contributed by atoms with Crippen LogP contribution >= 0.6 is 12.4 Å². The van der Waals surface area contributed by atoms with Gasteiger partial charge in [0.15, 0.2) is 0 Å². The molecule has 0 saturated carbocycles. The van der Waals surface area contributed by atoms with Crippen LogP contribution in [0.15, 0.2) is 6.20 Å². The molecule has 0 aromatic carbocycles. The lowest BCUT2D eigenvalue weighted by atomic mass is 9.94. The fraction of sp³-hybridized carbons (Fsp3) is 0.636. The van der Waals surface area contributed by atoms with Crippen LogP contribution in [-0.4, -0.2) is 46.4 Å². The van der Waals surface area contributed by atoms with E-state index in [-0.39, 0.29) is 12.4 Å². The van der Waals surface area contributed by atoms with Gasteiger partial charge in [-0.1, -0.05) is 0 Å². The summed E-state index contributed by atoms with van der Waals surface area (Å²) in [4.78, 5) is 13.1. The molecule has 6 heteroatoms. The van der Waals surface area contributed by atoms with Crippen molar-refractivity contribution in [2.24, 2.45) is 5.92 Å². The Kier molecular flexibility index (Phi) is 4.54. The summed E-state index contributed by atoms with van der Waals surface area (Å²) in [5.74, 6) is -0.330. The van der Waals surface area contributed by atoms with Crippen LogP contribution in [0.2, 0.25) is 0 Å². The van der Waals surface area contributed by atoms with E-state index in [1.807, 2.05) is 18.8 Å². The minimum Gasteiger partial charge on any atom is -0.478 e. The van der Waals surface area contributed by atoms with Gasteiger partial charge >= 0.3 is 5.97 Å². The maximum atomic E-state index is 11.0. The Morgan fingerprint density at radius 2 is 2.35 bits per heavy atom. The van der Waals surface area contributed by atoms with Gasteiger partial charge in [0.25, 0.3) is 0 Å². The first-order valence-electron chi connectivity index (χ1n) is 5.50. The zero-order valence-electron chi connectivity index (χ0n) is 10.1. The Hall–Kier alpha value is -1.07. The number of nitrogens with zero attached hydrogens (tertiary/aromatic N) is 3. The molecule has 2 rings (SSSR count). The topological polar surface area (TPSA) is 58.4 Å². The van der Waals surface area contributed by atoms with Crippen molar-refractivity contribution in [1.29, 1.82) is 0 Å². The van der Waals surface area contributed by atoms with Gasteiger partial charge in [0.05, 0.1) is 11.9 Å². The van der Waals surface area contributed by atoms with Crippen LogP contribution in [-0.2, 0) is 13.0 Å². The van der Waals surface area contributed by atoms with Gasteiger partial charge in [-0.2, -0.15) is 5.10 Å². The normalized spacial score (nSPS) is 18.6. The fourth-order valence-corrected chi connectivity index (χ4v) is 2.35. The first-order chi connectivity index (χ1) is 7.58. The number of aromatic carboxylic acids is 1. The number of hydrogen-bond donors (Lipinski definition) is 1. The van der Waals surface area contributed by atoms with Crippen molar-refractivity contribution in [1.82, 2.24) is 14.7 Å².